The first-order valence-electron chi connectivity index (χ1n) is 9.45. The highest BCUT2D eigenvalue weighted by atomic mass is 16.5. The molecule has 2 aromatic carbocycles. The van der Waals surface area contributed by atoms with Gasteiger partial charge in [0, 0.05) is 35.7 Å². The maximum Gasteiger partial charge on any atom is 0.243 e. The summed E-state index contributed by atoms with van der Waals surface area (Å²) >= 11 is 0. The van der Waals surface area contributed by atoms with E-state index in [0.717, 1.165) is 5.69 Å². The van der Waals surface area contributed by atoms with E-state index >= 15 is 0 Å². The van der Waals surface area contributed by atoms with Gasteiger partial charge in [-0.3, -0.25) is 9.59 Å². The summed E-state index contributed by atoms with van der Waals surface area (Å²) < 4.78 is 10.5. The van der Waals surface area contributed by atoms with Crippen LogP contribution < -0.4 is 20.7 Å². The molecule has 0 aliphatic heterocycles. The van der Waals surface area contributed by atoms with Gasteiger partial charge >= 0.3 is 0 Å². The van der Waals surface area contributed by atoms with Gasteiger partial charge in [0.2, 0.25) is 11.8 Å². The van der Waals surface area contributed by atoms with Crippen molar-refractivity contribution in [3.63, 3.8) is 0 Å². The van der Waals surface area contributed by atoms with Gasteiger partial charge in [0.05, 0.1) is 13.2 Å². The molecule has 7 heteroatoms. The maximum atomic E-state index is 12.2. The molecule has 0 heterocycles. The molecule has 0 radical (unpaired) electrons. The van der Waals surface area contributed by atoms with Gasteiger partial charge in [-0.1, -0.05) is 32.9 Å². The number of anilines is 3. The third-order valence-corrected chi connectivity index (χ3v) is 3.93. The Kier molecular flexibility index (Phi) is 8.03. The first kappa shape index (κ1) is 22.2. The first-order chi connectivity index (χ1) is 13.8. The van der Waals surface area contributed by atoms with Crippen molar-refractivity contribution in [2.75, 3.05) is 42.8 Å². The second-order valence-electron chi connectivity index (χ2n) is 7.56. The number of hydrogen-bond acceptors (Lipinski definition) is 5. The number of benzene rings is 2. The van der Waals surface area contributed by atoms with Crippen LogP contribution in [0.25, 0.3) is 0 Å². The summed E-state index contributed by atoms with van der Waals surface area (Å²) in [6.45, 7) is 6.59. The minimum absolute atomic E-state index is 0.0695. The predicted octanol–water partition coefficient (Wildman–Crippen LogP) is 3.75. The lowest BCUT2D eigenvalue weighted by Crippen LogP contribution is -2.27. The number of nitrogens with one attached hydrogen (secondary N) is 3. The van der Waals surface area contributed by atoms with Crippen molar-refractivity contribution in [1.82, 2.24) is 0 Å². The van der Waals surface area contributed by atoms with Gasteiger partial charge in [-0.05, 0) is 30.3 Å². The lowest BCUT2D eigenvalue weighted by atomic mass is 9.95. The molecule has 0 bridgehead atoms. The van der Waals surface area contributed by atoms with Gasteiger partial charge in [-0.2, -0.15) is 0 Å². The molecule has 0 saturated heterocycles. The zero-order valence-electron chi connectivity index (χ0n) is 17.4. The van der Waals surface area contributed by atoms with Crippen LogP contribution in [-0.2, 0) is 14.3 Å². The van der Waals surface area contributed by atoms with Gasteiger partial charge < -0.3 is 25.4 Å². The molecular weight excluding hydrogens is 370 g/mol. The summed E-state index contributed by atoms with van der Waals surface area (Å²) in [5, 5.41) is 8.76. The van der Waals surface area contributed by atoms with E-state index in [1.54, 1.807) is 25.3 Å². The van der Waals surface area contributed by atoms with Crippen molar-refractivity contribution < 1.29 is 19.1 Å². The zero-order chi connectivity index (χ0) is 21.3. The summed E-state index contributed by atoms with van der Waals surface area (Å²) in [5.74, 6) is 0.401. The Balaban J connectivity index is 1.87. The molecule has 0 atom stereocenters. The molecule has 2 amide bonds. The molecule has 0 unspecified atom stereocenters. The van der Waals surface area contributed by atoms with E-state index in [1.165, 1.54) is 0 Å². The van der Waals surface area contributed by atoms with E-state index < -0.39 is 5.41 Å². The summed E-state index contributed by atoms with van der Waals surface area (Å²) in [6, 6.07) is 14.4. The van der Waals surface area contributed by atoms with Crippen LogP contribution in [0.3, 0.4) is 0 Å². The fourth-order valence-electron chi connectivity index (χ4n) is 2.32. The van der Waals surface area contributed by atoms with Crippen LogP contribution in [0.2, 0.25) is 0 Å². The van der Waals surface area contributed by atoms with Gasteiger partial charge in [-0.25, -0.2) is 0 Å². The van der Waals surface area contributed by atoms with Gasteiger partial charge in [0.1, 0.15) is 12.4 Å². The average Bonchev–Trinajstić information content (AvgIpc) is 2.66. The number of amides is 2. The third-order valence-electron chi connectivity index (χ3n) is 3.93. The fourth-order valence-corrected chi connectivity index (χ4v) is 2.32. The van der Waals surface area contributed by atoms with Crippen molar-refractivity contribution in [2.45, 2.75) is 20.8 Å². The molecule has 0 fully saturated rings. The molecule has 0 aromatic heterocycles. The van der Waals surface area contributed by atoms with Crippen LogP contribution in [-0.4, -0.2) is 38.7 Å². The average molecular weight is 399 g/mol. The van der Waals surface area contributed by atoms with Crippen molar-refractivity contribution in [3.05, 3.63) is 48.5 Å². The monoisotopic (exact) mass is 399 g/mol. The smallest absolute Gasteiger partial charge is 0.243 e. The van der Waals surface area contributed by atoms with E-state index in [9.17, 15) is 9.59 Å². The van der Waals surface area contributed by atoms with E-state index in [4.69, 9.17) is 9.47 Å². The highest BCUT2D eigenvalue weighted by Gasteiger charge is 2.21. The summed E-state index contributed by atoms with van der Waals surface area (Å²) in [7, 11) is 1.61. The highest BCUT2D eigenvalue weighted by molar-refractivity contribution is 5.95. The Morgan fingerprint density at radius 2 is 1.55 bits per heavy atom. The lowest BCUT2D eigenvalue weighted by molar-refractivity contribution is -0.123. The molecule has 7 nitrogen and oxygen atoms in total. The number of methoxy groups -OCH3 is 1. The topological polar surface area (TPSA) is 88.7 Å². The number of rotatable bonds is 9. The van der Waals surface area contributed by atoms with Crippen LogP contribution in [0.15, 0.2) is 48.5 Å². The van der Waals surface area contributed by atoms with Crippen LogP contribution >= 0.6 is 0 Å². The molecule has 0 aliphatic carbocycles. The predicted molar refractivity (Wildman–Crippen MR) is 115 cm³/mol. The van der Waals surface area contributed by atoms with Crippen LogP contribution in [0, 0.1) is 5.41 Å². The van der Waals surface area contributed by atoms with Gasteiger partial charge in [-0.15, -0.1) is 0 Å². The van der Waals surface area contributed by atoms with E-state index in [2.05, 4.69) is 16.0 Å². The van der Waals surface area contributed by atoms with Crippen LogP contribution in [0.5, 0.6) is 5.75 Å². The second kappa shape index (κ2) is 10.5. The molecule has 156 valence electrons. The number of ether oxygens (including phenoxy) is 2. The number of carbonyl (C=O) groups is 2. The number of hydrogen-bond donors (Lipinski definition) is 3. The van der Waals surface area contributed by atoms with Crippen molar-refractivity contribution >= 4 is 28.9 Å². The molecule has 0 aliphatic rings. The third kappa shape index (κ3) is 7.83. The molecule has 3 N–H and O–H groups in total. The van der Waals surface area contributed by atoms with Crippen LogP contribution in [0.4, 0.5) is 17.1 Å². The van der Waals surface area contributed by atoms with Gasteiger partial charge in [0.15, 0.2) is 0 Å². The fraction of sp³-hybridized carbons (Fsp3) is 0.364. The Morgan fingerprint density at radius 3 is 2.24 bits per heavy atom. The maximum absolute atomic E-state index is 12.2. The zero-order valence-corrected chi connectivity index (χ0v) is 17.4. The summed E-state index contributed by atoms with van der Waals surface area (Å²) in [6.07, 6.45) is 0. The highest BCUT2D eigenvalue weighted by Crippen LogP contribution is 2.20. The minimum Gasteiger partial charge on any atom is -0.491 e. The SMILES string of the molecule is COCCOc1cccc(NC(=O)CNc2cccc(NC(=O)C(C)(C)C)c2)c1. The molecule has 0 spiro atoms. The number of carbonyl (C=O) groups excluding carboxylic acids is 2. The molecule has 0 saturated carbocycles. The largest absolute Gasteiger partial charge is 0.491 e. The quantitative estimate of drug-likeness (QED) is 0.559. The normalized spacial score (nSPS) is 10.9. The van der Waals surface area contributed by atoms with Crippen LogP contribution in [0.1, 0.15) is 20.8 Å². The van der Waals surface area contributed by atoms with Gasteiger partial charge in [0.25, 0.3) is 0 Å². The standard InChI is InChI=1S/C22H29N3O4/c1-22(2,3)21(27)25-17-8-5-7-16(13-17)23-15-20(26)24-18-9-6-10-19(14-18)29-12-11-28-4/h5-10,13-14,23H,11-12,15H2,1-4H3,(H,24,26)(H,25,27). The second-order valence-corrected chi connectivity index (χ2v) is 7.56. The molecule has 29 heavy (non-hydrogen) atoms. The molecule has 2 aromatic rings. The summed E-state index contributed by atoms with van der Waals surface area (Å²) in [5.41, 5.74) is 1.59. The lowest BCUT2D eigenvalue weighted by Gasteiger charge is -2.18. The van der Waals surface area contributed by atoms with Crippen molar-refractivity contribution in [1.29, 1.82) is 0 Å². The van der Waals surface area contributed by atoms with E-state index in [0.29, 0.717) is 30.3 Å². The summed E-state index contributed by atoms with van der Waals surface area (Å²) in [4.78, 5) is 24.4. The Labute approximate surface area is 171 Å². The molecule has 2 rings (SSSR count). The first-order valence-corrected chi connectivity index (χ1v) is 9.45. The Morgan fingerprint density at radius 1 is 0.897 bits per heavy atom. The van der Waals surface area contributed by atoms with E-state index in [-0.39, 0.29) is 18.4 Å². The molecular formula is C22H29N3O4. The minimum atomic E-state index is -0.481. The van der Waals surface area contributed by atoms with Crippen molar-refractivity contribution in [2.24, 2.45) is 5.41 Å². The Bertz CT molecular complexity index is 831. The Hall–Kier alpha value is -3.06. The van der Waals surface area contributed by atoms with E-state index in [1.807, 2.05) is 51.1 Å². The van der Waals surface area contributed by atoms with Crippen molar-refractivity contribution in [3.8, 4) is 5.75 Å².